The first-order valence-corrected chi connectivity index (χ1v) is 7.11. The van der Waals surface area contributed by atoms with E-state index in [4.69, 9.17) is 4.74 Å². The number of rotatable bonds is 5. The zero-order chi connectivity index (χ0) is 12.5. The van der Waals surface area contributed by atoms with Crippen LogP contribution in [0.15, 0.2) is 18.2 Å². The molecule has 0 heterocycles. The summed E-state index contributed by atoms with van der Waals surface area (Å²) in [5.74, 6) is 0.427. The molecule has 92 valence electrons. The molecule has 0 amide bonds. The second kappa shape index (κ2) is 4.37. The highest BCUT2D eigenvalue weighted by molar-refractivity contribution is 7.92. The summed E-state index contributed by atoms with van der Waals surface area (Å²) in [7, 11) is -3.40. The molecule has 0 unspecified atom stereocenters. The van der Waals surface area contributed by atoms with Crippen molar-refractivity contribution in [3.63, 3.8) is 0 Å². The molecule has 0 spiro atoms. The molecule has 0 aliphatic heterocycles. The van der Waals surface area contributed by atoms with Crippen LogP contribution in [0.1, 0.15) is 23.2 Å². The van der Waals surface area contributed by atoms with Gasteiger partial charge in [-0.1, -0.05) is 6.07 Å². The van der Waals surface area contributed by atoms with Crippen molar-refractivity contribution in [2.75, 3.05) is 11.0 Å². The van der Waals surface area contributed by atoms with Gasteiger partial charge in [-0.2, -0.15) is 0 Å². The van der Waals surface area contributed by atoms with Crippen LogP contribution >= 0.6 is 0 Å². The van der Waals surface area contributed by atoms with Crippen molar-refractivity contribution in [3.05, 3.63) is 23.8 Å². The van der Waals surface area contributed by atoms with E-state index in [0.717, 1.165) is 19.1 Å². The fourth-order valence-corrected chi connectivity index (χ4v) is 2.00. The highest BCUT2D eigenvalue weighted by Gasteiger charge is 2.25. The van der Waals surface area contributed by atoms with E-state index in [1.807, 2.05) is 0 Å². The van der Waals surface area contributed by atoms with Crippen LogP contribution in [0.5, 0.6) is 5.75 Å². The molecule has 17 heavy (non-hydrogen) atoms. The van der Waals surface area contributed by atoms with E-state index in [0.29, 0.717) is 12.0 Å². The summed E-state index contributed by atoms with van der Waals surface area (Å²) in [6.45, 7) is 0. The van der Waals surface area contributed by atoms with Crippen molar-refractivity contribution in [2.24, 2.45) is 0 Å². The number of benzene rings is 1. The predicted molar refractivity (Wildman–Crippen MR) is 63.9 cm³/mol. The van der Waals surface area contributed by atoms with E-state index in [-0.39, 0.29) is 17.4 Å². The Morgan fingerprint density at radius 1 is 1.41 bits per heavy atom. The average molecular weight is 255 g/mol. The summed E-state index contributed by atoms with van der Waals surface area (Å²) in [5.41, 5.74) is 0.491. The van der Waals surface area contributed by atoms with Crippen molar-refractivity contribution in [1.82, 2.24) is 0 Å². The molecule has 1 aromatic carbocycles. The van der Waals surface area contributed by atoms with Crippen LogP contribution in [0.25, 0.3) is 0 Å². The summed E-state index contributed by atoms with van der Waals surface area (Å²) in [6, 6.07) is 4.85. The lowest BCUT2D eigenvalue weighted by Crippen LogP contribution is -2.12. The van der Waals surface area contributed by atoms with Crippen molar-refractivity contribution < 1.29 is 17.9 Å². The molecular formula is C11H13NO4S. The number of sulfonamides is 1. The largest absolute Gasteiger partial charge is 0.490 e. The fourth-order valence-electron chi connectivity index (χ4n) is 1.42. The molecule has 0 saturated heterocycles. The third-order valence-electron chi connectivity index (χ3n) is 2.30. The predicted octanol–water partition coefficient (Wildman–Crippen LogP) is 1.41. The number of carbonyl (C=O) groups excluding carboxylic acids is 1. The molecule has 5 nitrogen and oxygen atoms in total. The van der Waals surface area contributed by atoms with Gasteiger partial charge in [0.2, 0.25) is 10.0 Å². The van der Waals surface area contributed by atoms with Crippen molar-refractivity contribution >= 4 is 22.0 Å². The molecule has 1 saturated carbocycles. The quantitative estimate of drug-likeness (QED) is 0.807. The van der Waals surface area contributed by atoms with Gasteiger partial charge in [-0.3, -0.25) is 9.52 Å². The molecular weight excluding hydrogens is 242 g/mol. The number of hydrogen-bond acceptors (Lipinski definition) is 4. The zero-order valence-electron chi connectivity index (χ0n) is 9.34. The Morgan fingerprint density at radius 3 is 2.65 bits per heavy atom. The fraction of sp³-hybridized carbons (Fsp3) is 0.364. The maximum Gasteiger partial charge on any atom is 0.229 e. The number of hydrogen-bond donors (Lipinski definition) is 1. The first kappa shape index (κ1) is 11.9. The smallest absolute Gasteiger partial charge is 0.229 e. The summed E-state index contributed by atoms with van der Waals surface area (Å²) in [4.78, 5) is 11.0. The van der Waals surface area contributed by atoms with Gasteiger partial charge in [0.25, 0.3) is 0 Å². The van der Waals surface area contributed by atoms with E-state index < -0.39 is 10.0 Å². The van der Waals surface area contributed by atoms with Gasteiger partial charge >= 0.3 is 0 Å². The Hall–Kier alpha value is -1.56. The standard InChI is InChI=1S/C11H13NO4S/c1-17(14,15)12-10-3-2-4-11(9(10)7-13)16-8-5-6-8/h2-4,7-8,12H,5-6H2,1H3. The molecule has 0 bridgehead atoms. The third-order valence-corrected chi connectivity index (χ3v) is 2.89. The maximum absolute atomic E-state index is 11.1. The van der Waals surface area contributed by atoms with Crippen LogP contribution in [-0.4, -0.2) is 27.1 Å². The minimum Gasteiger partial charge on any atom is -0.490 e. The molecule has 0 atom stereocenters. The normalized spacial score (nSPS) is 15.4. The number of aldehydes is 1. The molecule has 0 radical (unpaired) electrons. The third kappa shape index (κ3) is 3.20. The van der Waals surface area contributed by atoms with Gasteiger partial charge in [0, 0.05) is 0 Å². The second-order valence-electron chi connectivity index (χ2n) is 4.03. The highest BCUT2D eigenvalue weighted by atomic mass is 32.2. The molecule has 1 N–H and O–H groups in total. The number of anilines is 1. The average Bonchev–Trinajstić information content (AvgIpc) is 2.99. The van der Waals surface area contributed by atoms with Gasteiger partial charge in [-0.15, -0.1) is 0 Å². The van der Waals surface area contributed by atoms with Crippen LogP contribution in [-0.2, 0) is 10.0 Å². The lowest BCUT2D eigenvalue weighted by atomic mass is 10.2. The van der Waals surface area contributed by atoms with E-state index in [1.54, 1.807) is 12.1 Å². The molecule has 0 aromatic heterocycles. The SMILES string of the molecule is CS(=O)(=O)Nc1cccc(OC2CC2)c1C=O. The summed E-state index contributed by atoms with van der Waals surface area (Å²) in [6.07, 6.45) is 3.74. The first-order chi connectivity index (χ1) is 7.99. The van der Waals surface area contributed by atoms with Gasteiger partial charge in [-0.05, 0) is 25.0 Å². The minimum absolute atomic E-state index is 0.155. The van der Waals surface area contributed by atoms with Crippen LogP contribution in [0.3, 0.4) is 0 Å². The van der Waals surface area contributed by atoms with Crippen molar-refractivity contribution in [1.29, 1.82) is 0 Å². The molecule has 6 heteroatoms. The second-order valence-corrected chi connectivity index (χ2v) is 5.78. The monoisotopic (exact) mass is 255 g/mol. The maximum atomic E-state index is 11.1. The number of ether oxygens (including phenoxy) is 1. The molecule has 1 aromatic rings. The Bertz CT molecular complexity index is 534. The Labute approximate surface area is 99.8 Å². The molecule has 1 aliphatic carbocycles. The van der Waals surface area contributed by atoms with E-state index >= 15 is 0 Å². The minimum atomic E-state index is -3.40. The molecule has 1 fully saturated rings. The van der Waals surface area contributed by atoms with Gasteiger partial charge < -0.3 is 4.74 Å². The topological polar surface area (TPSA) is 72.5 Å². The van der Waals surface area contributed by atoms with Gasteiger partial charge in [-0.25, -0.2) is 8.42 Å². The van der Waals surface area contributed by atoms with Crippen molar-refractivity contribution in [3.8, 4) is 5.75 Å². The molecule has 1 aliphatic rings. The Balaban J connectivity index is 2.33. The highest BCUT2D eigenvalue weighted by Crippen LogP contribution is 2.31. The number of carbonyl (C=O) groups is 1. The van der Waals surface area contributed by atoms with E-state index in [2.05, 4.69) is 4.72 Å². The van der Waals surface area contributed by atoms with E-state index in [9.17, 15) is 13.2 Å². The van der Waals surface area contributed by atoms with Crippen LogP contribution in [0, 0.1) is 0 Å². The summed E-state index contributed by atoms with van der Waals surface area (Å²) < 4.78 is 30.1. The van der Waals surface area contributed by atoms with Gasteiger partial charge in [0.1, 0.15) is 5.75 Å². The van der Waals surface area contributed by atoms with Crippen molar-refractivity contribution in [2.45, 2.75) is 18.9 Å². The summed E-state index contributed by atoms with van der Waals surface area (Å²) in [5, 5.41) is 0. The lowest BCUT2D eigenvalue weighted by Gasteiger charge is -2.11. The Kier molecular flexibility index (Phi) is 3.06. The van der Waals surface area contributed by atoms with Crippen LogP contribution < -0.4 is 9.46 Å². The van der Waals surface area contributed by atoms with Gasteiger partial charge in [0.05, 0.1) is 23.6 Å². The number of nitrogens with one attached hydrogen (secondary N) is 1. The zero-order valence-corrected chi connectivity index (χ0v) is 10.2. The van der Waals surface area contributed by atoms with Crippen LogP contribution in [0.2, 0.25) is 0 Å². The van der Waals surface area contributed by atoms with E-state index in [1.165, 1.54) is 6.07 Å². The lowest BCUT2D eigenvalue weighted by molar-refractivity contribution is 0.112. The molecule has 2 rings (SSSR count). The van der Waals surface area contributed by atoms with Gasteiger partial charge in [0.15, 0.2) is 6.29 Å². The summed E-state index contributed by atoms with van der Waals surface area (Å²) >= 11 is 0. The van der Waals surface area contributed by atoms with Crippen LogP contribution in [0.4, 0.5) is 5.69 Å². The first-order valence-electron chi connectivity index (χ1n) is 5.22. The Morgan fingerprint density at radius 2 is 2.12 bits per heavy atom.